The number of unbranched alkanes of at least 4 members (excludes halogenated alkanes) is 2. The van der Waals surface area contributed by atoms with Gasteiger partial charge in [0.15, 0.2) is 15.8 Å². The Labute approximate surface area is 286 Å². The van der Waals surface area contributed by atoms with Gasteiger partial charge in [0, 0.05) is 11.3 Å². The summed E-state index contributed by atoms with van der Waals surface area (Å²) in [4.78, 5) is 28.7. The van der Waals surface area contributed by atoms with Crippen LogP contribution in [0.15, 0.2) is 88.8 Å². The number of hydrogen-bond donors (Lipinski definition) is 1. The number of ketones is 1. The first-order valence-corrected chi connectivity index (χ1v) is 17.4. The highest BCUT2D eigenvalue weighted by atomic mass is 32.2. The number of aliphatic hydroxyl groups is 1. The van der Waals surface area contributed by atoms with Gasteiger partial charge in [-0.25, -0.2) is 4.39 Å². The van der Waals surface area contributed by atoms with Gasteiger partial charge in [-0.3, -0.25) is 14.5 Å². The van der Waals surface area contributed by atoms with Crippen molar-refractivity contribution in [2.24, 2.45) is 0 Å². The molecule has 1 N–H and O–H groups in total. The molecule has 1 aliphatic rings. The highest BCUT2D eigenvalue weighted by molar-refractivity contribution is 8.00. The number of aryl methyl sites for hydroxylation is 1. The second kappa shape index (κ2) is 14.6. The smallest absolute Gasteiger partial charge is 0.301 e. The van der Waals surface area contributed by atoms with Crippen LogP contribution in [0.3, 0.4) is 0 Å². The largest absolute Gasteiger partial charge is 0.507 e. The number of carbonyl (C=O) groups excluding carboxylic acids is 2. The first kappa shape index (κ1) is 33.2. The van der Waals surface area contributed by atoms with E-state index in [-0.39, 0.29) is 16.3 Å². The van der Waals surface area contributed by atoms with E-state index in [0.717, 1.165) is 41.7 Å². The molecule has 0 spiro atoms. The van der Waals surface area contributed by atoms with Crippen LogP contribution in [-0.4, -0.2) is 40.7 Å². The van der Waals surface area contributed by atoms with Crippen LogP contribution in [-0.2, 0) is 15.3 Å². The minimum Gasteiger partial charge on any atom is -0.507 e. The van der Waals surface area contributed by atoms with Crippen molar-refractivity contribution in [3.8, 4) is 11.5 Å². The summed E-state index contributed by atoms with van der Waals surface area (Å²) in [6.07, 6.45) is 2.96. The first-order valence-electron chi connectivity index (χ1n) is 15.6. The summed E-state index contributed by atoms with van der Waals surface area (Å²) >= 11 is 2.65. The van der Waals surface area contributed by atoms with E-state index in [0.29, 0.717) is 39.3 Å². The summed E-state index contributed by atoms with van der Waals surface area (Å²) in [5.74, 6) is -1.31. The molecule has 1 fully saturated rings. The lowest BCUT2D eigenvalue weighted by Gasteiger charge is -2.23. The maximum atomic E-state index is 14.6. The van der Waals surface area contributed by atoms with Gasteiger partial charge in [0.25, 0.3) is 5.78 Å². The van der Waals surface area contributed by atoms with Gasteiger partial charge in [-0.1, -0.05) is 104 Å². The molecule has 8 nitrogen and oxygen atoms in total. The van der Waals surface area contributed by atoms with E-state index in [1.54, 1.807) is 25.1 Å². The Morgan fingerprint density at radius 3 is 2.60 bits per heavy atom. The van der Waals surface area contributed by atoms with Crippen LogP contribution in [0.25, 0.3) is 16.5 Å². The van der Waals surface area contributed by atoms with Crippen molar-refractivity contribution in [3.63, 3.8) is 0 Å². The Hall–Kier alpha value is -4.74. The van der Waals surface area contributed by atoms with Crippen LogP contribution in [0.1, 0.15) is 54.5 Å². The average molecular weight is 684 g/mol. The number of ether oxygens (including phenoxy) is 2. The number of anilines is 1. The van der Waals surface area contributed by atoms with Gasteiger partial charge in [0.1, 0.15) is 11.6 Å². The minimum absolute atomic E-state index is 0.0764. The number of halogens is 1. The van der Waals surface area contributed by atoms with Crippen molar-refractivity contribution in [2.45, 2.75) is 49.2 Å². The number of Topliss-reactive ketones (excluding diaryl/α,β-unsaturated/α-hetero) is 1. The lowest BCUT2D eigenvalue weighted by molar-refractivity contribution is -0.132. The number of aliphatic hydroxyl groups excluding tert-OH is 1. The van der Waals surface area contributed by atoms with E-state index in [1.807, 2.05) is 18.2 Å². The third-order valence-electron chi connectivity index (χ3n) is 8.23. The van der Waals surface area contributed by atoms with Crippen LogP contribution in [0, 0.1) is 12.7 Å². The van der Waals surface area contributed by atoms with E-state index in [2.05, 4.69) is 41.4 Å². The standard InChI is InChI=1S/C37H34FN3O5S2/c1-4-5-8-18-46-29-17-16-24(20-30(29)45-3)32-31(33(42)25-15-14-22(2)28(38)19-25)34(43)35(44)41(32)36-39-40-37(48-36)47-21-26-12-9-11-23-10-6-7-13-27(23)26/h6-7,9-17,19-20,32,42H,4-5,8,18,21H2,1-3H3/t32-/m1/s1. The Bertz CT molecular complexity index is 2020. The lowest BCUT2D eigenvalue weighted by Crippen LogP contribution is -2.29. The fraction of sp³-hybridized carbons (Fsp3) is 0.243. The third kappa shape index (κ3) is 6.65. The molecule has 1 atom stereocenters. The van der Waals surface area contributed by atoms with Crippen LogP contribution in [0.4, 0.5) is 9.52 Å². The zero-order chi connectivity index (χ0) is 33.8. The van der Waals surface area contributed by atoms with Gasteiger partial charge >= 0.3 is 5.91 Å². The van der Waals surface area contributed by atoms with Crippen molar-refractivity contribution >= 4 is 56.5 Å². The highest BCUT2D eigenvalue weighted by Gasteiger charge is 2.48. The number of carbonyl (C=O) groups is 2. The van der Waals surface area contributed by atoms with Crippen molar-refractivity contribution in [3.05, 3.63) is 113 Å². The number of rotatable bonds is 12. The van der Waals surface area contributed by atoms with Crippen LogP contribution in [0.5, 0.6) is 11.5 Å². The fourth-order valence-corrected chi connectivity index (χ4v) is 7.54. The lowest BCUT2D eigenvalue weighted by atomic mass is 9.94. The molecule has 48 heavy (non-hydrogen) atoms. The van der Waals surface area contributed by atoms with Gasteiger partial charge in [0.2, 0.25) is 5.13 Å². The van der Waals surface area contributed by atoms with Crippen molar-refractivity contribution in [1.29, 1.82) is 0 Å². The molecule has 0 radical (unpaired) electrons. The predicted octanol–water partition coefficient (Wildman–Crippen LogP) is 8.64. The summed E-state index contributed by atoms with van der Waals surface area (Å²) in [6.45, 7) is 4.22. The summed E-state index contributed by atoms with van der Waals surface area (Å²) in [5, 5.41) is 22.6. The number of benzene rings is 4. The molecule has 0 aliphatic carbocycles. The van der Waals surface area contributed by atoms with E-state index in [4.69, 9.17) is 9.47 Å². The van der Waals surface area contributed by atoms with Crippen molar-refractivity contribution < 1.29 is 28.6 Å². The second-order valence-electron chi connectivity index (χ2n) is 11.4. The summed E-state index contributed by atoms with van der Waals surface area (Å²) < 4.78 is 26.8. The Morgan fingerprint density at radius 1 is 1.00 bits per heavy atom. The molecule has 1 saturated heterocycles. The molecule has 6 rings (SSSR count). The molecule has 0 saturated carbocycles. The maximum absolute atomic E-state index is 14.6. The first-order chi connectivity index (χ1) is 23.3. The minimum atomic E-state index is -1.10. The van der Waals surface area contributed by atoms with Gasteiger partial charge < -0.3 is 14.6 Å². The van der Waals surface area contributed by atoms with E-state index < -0.39 is 29.3 Å². The van der Waals surface area contributed by atoms with Crippen LogP contribution < -0.4 is 14.4 Å². The number of aromatic nitrogens is 2. The second-order valence-corrected chi connectivity index (χ2v) is 13.6. The van der Waals surface area contributed by atoms with Crippen LogP contribution >= 0.6 is 23.1 Å². The number of fused-ring (bicyclic) bond motifs is 1. The quantitative estimate of drug-likeness (QED) is 0.0348. The Kier molecular flexibility index (Phi) is 10.1. The fourth-order valence-electron chi connectivity index (χ4n) is 5.66. The highest BCUT2D eigenvalue weighted by Crippen LogP contribution is 2.46. The van der Waals surface area contributed by atoms with Gasteiger partial charge in [-0.2, -0.15) is 0 Å². The topological polar surface area (TPSA) is 102 Å². The molecule has 11 heteroatoms. The number of methoxy groups -OCH3 is 1. The summed E-state index contributed by atoms with van der Waals surface area (Å²) in [7, 11) is 1.51. The zero-order valence-corrected chi connectivity index (χ0v) is 28.4. The molecule has 4 aromatic carbocycles. The van der Waals surface area contributed by atoms with E-state index >= 15 is 0 Å². The molecule has 5 aromatic rings. The van der Waals surface area contributed by atoms with Crippen molar-refractivity contribution in [2.75, 3.05) is 18.6 Å². The van der Waals surface area contributed by atoms with Gasteiger partial charge in [-0.15, -0.1) is 10.2 Å². The molecule has 246 valence electrons. The van der Waals surface area contributed by atoms with Crippen molar-refractivity contribution in [1.82, 2.24) is 10.2 Å². The zero-order valence-electron chi connectivity index (χ0n) is 26.7. The molecule has 1 aromatic heterocycles. The molecular weight excluding hydrogens is 650 g/mol. The monoisotopic (exact) mass is 683 g/mol. The van der Waals surface area contributed by atoms with Crippen LogP contribution in [0.2, 0.25) is 0 Å². The number of amides is 1. The summed E-state index contributed by atoms with van der Waals surface area (Å²) in [6, 6.07) is 22.5. The Balaban J connectivity index is 1.38. The average Bonchev–Trinajstić information content (AvgIpc) is 3.68. The molecular formula is C37H34FN3O5S2. The van der Waals surface area contributed by atoms with E-state index in [9.17, 15) is 19.1 Å². The Morgan fingerprint density at radius 2 is 1.81 bits per heavy atom. The molecule has 1 amide bonds. The molecule has 0 bridgehead atoms. The molecule has 2 heterocycles. The van der Waals surface area contributed by atoms with E-state index in [1.165, 1.54) is 47.2 Å². The third-order valence-corrected chi connectivity index (χ3v) is 10.3. The normalized spacial score (nSPS) is 15.8. The number of nitrogens with zero attached hydrogens (tertiary/aromatic N) is 3. The maximum Gasteiger partial charge on any atom is 0.301 e. The number of hydrogen-bond acceptors (Lipinski definition) is 9. The van der Waals surface area contributed by atoms with Gasteiger partial charge in [0.05, 0.1) is 25.3 Å². The van der Waals surface area contributed by atoms with Gasteiger partial charge in [-0.05, 0) is 59.0 Å². The SMILES string of the molecule is CCCCCOc1ccc([C@@H]2C(=C(O)c3ccc(C)c(F)c3)C(=O)C(=O)N2c2nnc(SCc3cccc4ccccc34)s2)cc1OC. The summed E-state index contributed by atoms with van der Waals surface area (Å²) in [5.41, 5.74) is 1.87. The molecule has 1 aliphatic heterocycles. The predicted molar refractivity (Wildman–Crippen MR) is 187 cm³/mol. The number of thioether (sulfide) groups is 1. The molecule has 0 unspecified atom stereocenters.